The van der Waals surface area contributed by atoms with E-state index in [-0.39, 0.29) is 30.1 Å². The summed E-state index contributed by atoms with van der Waals surface area (Å²) in [7, 11) is 0. The molecule has 1 aromatic carbocycles. The number of hydrogen-bond acceptors (Lipinski definition) is 3. The highest BCUT2D eigenvalue weighted by atomic mass is 79.9. The zero-order valence-electron chi connectivity index (χ0n) is 9.17. The number of amides is 2. The molecule has 0 saturated carbocycles. The Hall–Kier alpha value is -1.76. The summed E-state index contributed by atoms with van der Waals surface area (Å²) in [5.74, 6) is -1.30. The molecule has 18 heavy (non-hydrogen) atoms. The first-order valence-electron chi connectivity index (χ1n) is 5.18. The van der Waals surface area contributed by atoms with E-state index in [0.717, 1.165) is 0 Å². The molecule has 1 aromatic rings. The van der Waals surface area contributed by atoms with Crippen molar-refractivity contribution >= 4 is 39.1 Å². The Kier molecular flexibility index (Phi) is 3.71. The molecule has 0 radical (unpaired) electrons. The number of carbonyl (C=O) groups is 2. The second-order valence-electron chi connectivity index (χ2n) is 3.67. The van der Waals surface area contributed by atoms with E-state index in [1.807, 2.05) is 0 Å². The van der Waals surface area contributed by atoms with E-state index < -0.39 is 11.7 Å². The fourth-order valence-electron chi connectivity index (χ4n) is 1.42. The standard InChI is InChI=1S/C11H9BrFN3O2/c12-6-1-2-8(7(13)5-6)14-11(18)9-3-4-10(17)16-15-9/h1-2,5H,3-4H2,(H,14,18)(H,16,17). The van der Waals surface area contributed by atoms with E-state index >= 15 is 0 Å². The van der Waals surface area contributed by atoms with E-state index in [1.54, 1.807) is 6.07 Å². The zero-order chi connectivity index (χ0) is 13.1. The lowest BCUT2D eigenvalue weighted by molar-refractivity contribution is -0.121. The van der Waals surface area contributed by atoms with Crippen LogP contribution >= 0.6 is 15.9 Å². The quantitative estimate of drug-likeness (QED) is 0.874. The summed E-state index contributed by atoms with van der Waals surface area (Å²) in [6.45, 7) is 0. The molecule has 1 aliphatic heterocycles. The van der Waals surface area contributed by atoms with Gasteiger partial charge in [-0.3, -0.25) is 9.59 Å². The monoisotopic (exact) mass is 313 g/mol. The van der Waals surface area contributed by atoms with Gasteiger partial charge in [-0.2, -0.15) is 5.10 Å². The second kappa shape index (κ2) is 5.26. The first-order chi connectivity index (χ1) is 8.56. The first kappa shape index (κ1) is 12.7. The minimum Gasteiger partial charge on any atom is -0.318 e. The number of nitrogens with zero attached hydrogens (tertiary/aromatic N) is 1. The van der Waals surface area contributed by atoms with Crippen molar-refractivity contribution in [2.24, 2.45) is 5.10 Å². The molecular weight excluding hydrogens is 305 g/mol. The van der Waals surface area contributed by atoms with Crippen LogP contribution in [0, 0.1) is 5.82 Å². The number of benzene rings is 1. The van der Waals surface area contributed by atoms with Crippen molar-refractivity contribution in [3.05, 3.63) is 28.5 Å². The van der Waals surface area contributed by atoms with Gasteiger partial charge in [-0.1, -0.05) is 15.9 Å². The summed E-state index contributed by atoms with van der Waals surface area (Å²) < 4.78 is 14.1. The molecule has 0 fully saturated rings. The summed E-state index contributed by atoms with van der Waals surface area (Å²) in [5.41, 5.74) is 2.46. The van der Waals surface area contributed by atoms with Crippen molar-refractivity contribution in [1.29, 1.82) is 0 Å². The number of hydrogen-bond donors (Lipinski definition) is 2. The van der Waals surface area contributed by atoms with Crippen LogP contribution in [0.15, 0.2) is 27.8 Å². The number of hydrazone groups is 1. The van der Waals surface area contributed by atoms with Gasteiger partial charge in [0.25, 0.3) is 5.91 Å². The molecule has 0 spiro atoms. The highest BCUT2D eigenvalue weighted by Crippen LogP contribution is 2.19. The number of anilines is 1. The van der Waals surface area contributed by atoms with Gasteiger partial charge in [0.2, 0.25) is 5.91 Å². The normalized spacial score (nSPS) is 14.8. The van der Waals surface area contributed by atoms with Crippen molar-refractivity contribution in [1.82, 2.24) is 5.43 Å². The molecule has 2 rings (SSSR count). The van der Waals surface area contributed by atoms with Crippen LogP contribution in [0.4, 0.5) is 10.1 Å². The van der Waals surface area contributed by atoms with E-state index in [2.05, 4.69) is 31.8 Å². The van der Waals surface area contributed by atoms with Crippen LogP contribution in [-0.2, 0) is 9.59 Å². The number of halogens is 2. The Morgan fingerprint density at radius 3 is 2.83 bits per heavy atom. The Labute approximate surface area is 111 Å². The summed E-state index contributed by atoms with van der Waals surface area (Å²) in [6.07, 6.45) is 0.449. The molecule has 0 aliphatic carbocycles. The molecule has 94 valence electrons. The SMILES string of the molecule is O=C1CCC(C(=O)Nc2ccc(Br)cc2F)=NN1. The van der Waals surface area contributed by atoms with Crippen molar-refractivity contribution in [3.63, 3.8) is 0 Å². The summed E-state index contributed by atoms with van der Waals surface area (Å²) in [5, 5.41) is 6.03. The lowest BCUT2D eigenvalue weighted by Gasteiger charge is -2.12. The fourth-order valence-corrected chi connectivity index (χ4v) is 1.76. The summed E-state index contributed by atoms with van der Waals surface area (Å²) >= 11 is 3.12. The van der Waals surface area contributed by atoms with E-state index in [4.69, 9.17) is 0 Å². The zero-order valence-corrected chi connectivity index (χ0v) is 10.8. The van der Waals surface area contributed by atoms with E-state index in [9.17, 15) is 14.0 Å². The Bertz CT molecular complexity index is 545. The highest BCUT2D eigenvalue weighted by Gasteiger charge is 2.19. The van der Waals surface area contributed by atoms with E-state index in [0.29, 0.717) is 4.47 Å². The smallest absolute Gasteiger partial charge is 0.271 e. The molecule has 2 N–H and O–H groups in total. The maximum Gasteiger partial charge on any atom is 0.271 e. The number of carbonyl (C=O) groups excluding carboxylic acids is 2. The minimum absolute atomic E-state index is 0.0720. The fraction of sp³-hybridized carbons (Fsp3) is 0.182. The molecule has 5 nitrogen and oxygen atoms in total. The van der Waals surface area contributed by atoms with Crippen LogP contribution in [0.25, 0.3) is 0 Å². The van der Waals surface area contributed by atoms with Gasteiger partial charge in [0, 0.05) is 17.3 Å². The van der Waals surface area contributed by atoms with Crippen molar-refractivity contribution < 1.29 is 14.0 Å². The number of nitrogens with one attached hydrogen (secondary N) is 2. The molecule has 1 heterocycles. The Morgan fingerprint density at radius 2 is 2.22 bits per heavy atom. The molecule has 2 amide bonds. The molecule has 7 heteroatoms. The predicted octanol–water partition coefficient (Wildman–Crippen LogP) is 1.79. The van der Waals surface area contributed by atoms with Gasteiger partial charge >= 0.3 is 0 Å². The molecule has 0 saturated heterocycles. The molecular formula is C11H9BrFN3O2. The van der Waals surface area contributed by atoms with Gasteiger partial charge in [0.1, 0.15) is 11.5 Å². The van der Waals surface area contributed by atoms with Crippen LogP contribution in [-0.4, -0.2) is 17.5 Å². The van der Waals surface area contributed by atoms with Crippen LogP contribution < -0.4 is 10.7 Å². The molecule has 0 aromatic heterocycles. The third-order valence-electron chi connectivity index (χ3n) is 2.35. The third kappa shape index (κ3) is 2.92. The van der Waals surface area contributed by atoms with Gasteiger partial charge in [-0.25, -0.2) is 9.82 Å². The molecule has 0 atom stereocenters. The first-order valence-corrected chi connectivity index (χ1v) is 5.97. The minimum atomic E-state index is -0.543. The van der Waals surface area contributed by atoms with Gasteiger partial charge in [-0.15, -0.1) is 0 Å². The van der Waals surface area contributed by atoms with Gasteiger partial charge in [0.05, 0.1) is 5.69 Å². The molecule has 0 bridgehead atoms. The average molecular weight is 314 g/mol. The largest absolute Gasteiger partial charge is 0.318 e. The summed E-state index contributed by atoms with van der Waals surface area (Å²) in [4.78, 5) is 22.6. The van der Waals surface area contributed by atoms with Crippen LogP contribution in [0.1, 0.15) is 12.8 Å². The lowest BCUT2D eigenvalue weighted by atomic mass is 10.1. The molecule has 1 aliphatic rings. The van der Waals surface area contributed by atoms with Crippen LogP contribution in [0.3, 0.4) is 0 Å². The maximum atomic E-state index is 13.5. The lowest BCUT2D eigenvalue weighted by Crippen LogP contribution is -2.32. The topological polar surface area (TPSA) is 70.6 Å². The van der Waals surface area contributed by atoms with E-state index in [1.165, 1.54) is 12.1 Å². The highest BCUT2D eigenvalue weighted by molar-refractivity contribution is 9.10. The Morgan fingerprint density at radius 1 is 1.44 bits per heavy atom. The predicted molar refractivity (Wildman–Crippen MR) is 67.5 cm³/mol. The van der Waals surface area contributed by atoms with Crippen LogP contribution in [0.2, 0.25) is 0 Å². The van der Waals surface area contributed by atoms with Crippen molar-refractivity contribution in [3.8, 4) is 0 Å². The summed E-state index contributed by atoms with van der Waals surface area (Å²) in [6, 6.07) is 4.31. The van der Waals surface area contributed by atoms with Gasteiger partial charge in [-0.05, 0) is 18.2 Å². The third-order valence-corrected chi connectivity index (χ3v) is 2.84. The van der Waals surface area contributed by atoms with Gasteiger partial charge in [0.15, 0.2) is 0 Å². The maximum absolute atomic E-state index is 13.5. The number of rotatable bonds is 2. The van der Waals surface area contributed by atoms with Gasteiger partial charge < -0.3 is 5.32 Å². The second-order valence-corrected chi connectivity index (χ2v) is 4.59. The average Bonchev–Trinajstić information content (AvgIpc) is 2.33. The Balaban J connectivity index is 2.09. The van der Waals surface area contributed by atoms with Crippen LogP contribution in [0.5, 0.6) is 0 Å². The molecule has 0 unspecified atom stereocenters. The van der Waals surface area contributed by atoms with Crippen molar-refractivity contribution in [2.45, 2.75) is 12.8 Å². The van der Waals surface area contributed by atoms with Crippen molar-refractivity contribution in [2.75, 3.05) is 5.32 Å².